The second kappa shape index (κ2) is 7.36. The molecule has 0 aliphatic carbocycles. The van der Waals surface area contributed by atoms with Gasteiger partial charge in [0.1, 0.15) is 4.83 Å². The number of nitrogens with zero attached hydrogens (tertiary/aromatic N) is 2. The first-order chi connectivity index (χ1) is 13.3. The highest BCUT2D eigenvalue weighted by Gasteiger charge is 2.17. The second-order valence-electron chi connectivity index (χ2n) is 6.94. The minimum absolute atomic E-state index is 0.0475. The molecular formula is C22H18Cl2N2OS. The van der Waals surface area contributed by atoms with Gasteiger partial charge in [0.25, 0.3) is 5.56 Å². The number of aromatic nitrogens is 2. The van der Waals surface area contributed by atoms with Crippen LogP contribution in [0.2, 0.25) is 10.0 Å². The molecule has 2 aromatic heterocycles. The Kier molecular flexibility index (Phi) is 5.04. The molecule has 0 fully saturated rings. The lowest BCUT2D eigenvalue weighted by molar-refractivity contribution is 0.749. The molecule has 0 N–H and O–H groups in total. The molecule has 4 aromatic rings. The molecule has 6 heteroatoms. The highest BCUT2D eigenvalue weighted by atomic mass is 35.5. The van der Waals surface area contributed by atoms with Crippen LogP contribution in [0.3, 0.4) is 0 Å². The van der Waals surface area contributed by atoms with E-state index in [-0.39, 0.29) is 5.56 Å². The Balaban J connectivity index is 1.87. The molecule has 2 aromatic carbocycles. The summed E-state index contributed by atoms with van der Waals surface area (Å²) in [5.74, 6) is 0. The van der Waals surface area contributed by atoms with Crippen LogP contribution in [-0.2, 0) is 6.54 Å². The Bertz CT molecular complexity index is 1270. The lowest BCUT2D eigenvalue weighted by atomic mass is 9.99. The molecule has 3 nitrogen and oxygen atoms in total. The zero-order valence-corrected chi connectivity index (χ0v) is 18.0. The van der Waals surface area contributed by atoms with Crippen molar-refractivity contribution in [2.75, 3.05) is 0 Å². The van der Waals surface area contributed by atoms with Gasteiger partial charge in [0.05, 0.1) is 28.3 Å². The van der Waals surface area contributed by atoms with Crippen LogP contribution >= 0.6 is 34.5 Å². The van der Waals surface area contributed by atoms with E-state index in [1.165, 1.54) is 11.1 Å². The molecule has 0 unspecified atom stereocenters. The average Bonchev–Trinajstić information content (AvgIpc) is 3.00. The first-order valence-electron chi connectivity index (χ1n) is 8.85. The summed E-state index contributed by atoms with van der Waals surface area (Å²) in [6.45, 7) is 6.60. The van der Waals surface area contributed by atoms with Crippen LogP contribution in [0.15, 0.2) is 47.5 Å². The summed E-state index contributed by atoms with van der Waals surface area (Å²) in [4.78, 5) is 19.7. The third kappa shape index (κ3) is 3.37. The van der Waals surface area contributed by atoms with E-state index < -0.39 is 0 Å². The van der Waals surface area contributed by atoms with Crippen molar-refractivity contribution in [3.05, 3.63) is 84.7 Å². The quantitative estimate of drug-likeness (QED) is 0.377. The van der Waals surface area contributed by atoms with Gasteiger partial charge >= 0.3 is 0 Å². The molecule has 0 aliphatic heterocycles. The molecule has 28 heavy (non-hydrogen) atoms. The molecular weight excluding hydrogens is 411 g/mol. The molecule has 0 radical (unpaired) electrons. The summed E-state index contributed by atoms with van der Waals surface area (Å²) < 4.78 is 1.62. The molecule has 0 aliphatic rings. The van der Waals surface area contributed by atoms with E-state index in [1.807, 2.05) is 13.0 Å². The Morgan fingerprint density at radius 1 is 1.00 bits per heavy atom. The topological polar surface area (TPSA) is 34.9 Å². The largest absolute Gasteiger partial charge is 0.294 e. The Morgan fingerprint density at radius 2 is 1.79 bits per heavy atom. The van der Waals surface area contributed by atoms with Crippen molar-refractivity contribution in [2.24, 2.45) is 0 Å². The van der Waals surface area contributed by atoms with Gasteiger partial charge in [-0.05, 0) is 55.2 Å². The summed E-state index contributed by atoms with van der Waals surface area (Å²) in [5, 5.41) is 1.65. The lowest BCUT2D eigenvalue weighted by Gasteiger charge is -2.09. The van der Waals surface area contributed by atoms with Crippen LogP contribution in [0.5, 0.6) is 0 Å². The maximum atomic E-state index is 13.3. The third-order valence-corrected chi connectivity index (χ3v) is 6.74. The van der Waals surface area contributed by atoms with Gasteiger partial charge < -0.3 is 0 Å². The molecule has 0 saturated carbocycles. The van der Waals surface area contributed by atoms with Crippen LogP contribution in [-0.4, -0.2) is 9.55 Å². The molecule has 0 bridgehead atoms. The number of hydrogen-bond acceptors (Lipinski definition) is 3. The van der Waals surface area contributed by atoms with E-state index in [0.29, 0.717) is 22.0 Å². The van der Waals surface area contributed by atoms with E-state index in [0.717, 1.165) is 26.4 Å². The first-order valence-corrected chi connectivity index (χ1v) is 10.4. The number of aryl methyl sites for hydroxylation is 3. The number of thiophene rings is 1. The SMILES string of the molecule is Cc1ccc(-c2c(C)sc3ncn(Cc4ccc(Cl)c(Cl)c4)c(=O)c23)cc1C. The minimum atomic E-state index is -0.0475. The van der Waals surface area contributed by atoms with E-state index in [4.69, 9.17) is 23.2 Å². The standard InChI is InChI=1S/C22H18Cl2N2OS/c1-12-4-6-16(8-13(12)2)19-14(3)28-21-20(19)22(27)26(11-25-21)10-15-5-7-17(23)18(24)9-15/h4-9,11H,10H2,1-3H3. The second-order valence-corrected chi connectivity index (χ2v) is 8.96. The first kappa shape index (κ1) is 19.2. The molecule has 0 spiro atoms. The summed E-state index contributed by atoms with van der Waals surface area (Å²) in [6.07, 6.45) is 1.60. The van der Waals surface area contributed by atoms with Crippen molar-refractivity contribution in [1.29, 1.82) is 0 Å². The zero-order valence-electron chi connectivity index (χ0n) is 15.7. The van der Waals surface area contributed by atoms with Crippen LogP contribution in [0.1, 0.15) is 21.6 Å². The number of hydrogen-bond donors (Lipinski definition) is 0. The Hall–Kier alpha value is -2.14. The van der Waals surface area contributed by atoms with E-state index in [9.17, 15) is 4.79 Å². The monoisotopic (exact) mass is 428 g/mol. The summed E-state index contributed by atoms with van der Waals surface area (Å²) in [6, 6.07) is 11.7. The van der Waals surface area contributed by atoms with Crippen LogP contribution in [0.25, 0.3) is 21.3 Å². The van der Waals surface area contributed by atoms with Crippen molar-refractivity contribution in [3.63, 3.8) is 0 Å². The van der Waals surface area contributed by atoms with Crippen molar-refractivity contribution in [3.8, 4) is 11.1 Å². The van der Waals surface area contributed by atoms with Gasteiger partial charge in [0.15, 0.2) is 0 Å². The zero-order chi connectivity index (χ0) is 20.0. The predicted molar refractivity (Wildman–Crippen MR) is 119 cm³/mol. The molecule has 0 amide bonds. The summed E-state index contributed by atoms with van der Waals surface area (Å²) in [7, 11) is 0. The summed E-state index contributed by atoms with van der Waals surface area (Å²) >= 11 is 13.7. The van der Waals surface area contributed by atoms with Crippen molar-refractivity contribution < 1.29 is 0 Å². The fourth-order valence-corrected chi connectivity index (χ4v) is 4.65. The highest BCUT2D eigenvalue weighted by molar-refractivity contribution is 7.19. The maximum Gasteiger partial charge on any atom is 0.263 e. The Morgan fingerprint density at radius 3 is 2.50 bits per heavy atom. The van der Waals surface area contributed by atoms with Gasteiger partial charge in [-0.15, -0.1) is 11.3 Å². The molecule has 4 rings (SSSR count). The number of halogens is 2. The van der Waals surface area contributed by atoms with Crippen LogP contribution in [0, 0.1) is 20.8 Å². The summed E-state index contributed by atoms with van der Waals surface area (Å²) in [5.41, 5.74) is 5.32. The molecule has 0 atom stereocenters. The molecule has 142 valence electrons. The van der Waals surface area contributed by atoms with Crippen molar-refractivity contribution in [2.45, 2.75) is 27.3 Å². The van der Waals surface area contributed by atoms with Gasteiger partial charge in [0.2, 0.25) is 0 Å². The number of rotatable bonds is 3. The molecule has 0 saturated heterocycles. The maximum absolute atomic E-state index is 13.3. The van der Waals surface area contributed by atoms with E-state index >= 15 is 0 Å². The van der Waals surface area contributed by atoms with Crippen molar-refractivity contribution in [1.82, 2.24) is 9.55 Å². The van der Waals surface area contributed by atoms with Gasteiger partial charge in [-0.3, -0.25) is 9.36 Å². The fraction of sp³-hybridized carbons (Fsp3) is 0.182. The Labute approximate surface area is 177 Å². The molecule has 2 heterocycles. The van der Waals surface area contributed by atoms with Crippen LogP contribution in [0.4, 0.5) is 0 Å². The average molecular weight is 429 g/mol. The number of benzene rings is 2. The minimum Gasteiger partial charge on any atom is -0.294 e. The van der Waals surface area contributed by atoms with E-state index in [2.05, 4.69) is 37.0 Å². The van der Waals surface area contributed by atoms with Gasteiger partial charge in [-0.2, -0.15) is 0 Å². The van der Waals surface area contributed by atoms with Gasteiger partial charge in [-0.1, -0.05) is 47.5 Å². The lowest BCUT2D eigenvalue weighted by Crippen LogP contribution is -2.21. The third-order valence-electron chi connectivity index (χ3n) is 4.99. The number of fused-ring (bicyclic) bond motifs is 1. The van der Waals surface area contributed by atoms with Gasteiger partial charge in [0, 0.05) is 10.4 Å². The van der Waals surface area contributed by atoms with E-state index in [1.54, 1.807) is 34.4 Å². The van der Waals surface area contributed by atoms with Crippen molar-refractivity contribution >= 4 is 44.8 Å². The highest BCUT2D eigenvalue weighted by Crippen LogP contribution is 2.36. The fourth-order valence-electron chi connectivity index (χ4n) is 3.33. The predicted octanol–water partition coefficient (Wildman–Crippen LogP) is 6.41. The normalized spacial score (nSPS) is 11.3. The smallest absolute Gasteiger partial charge is 0.263 e. The van der Waals surface area contributed by atoms with Gasteiger partial charge in [-0.25, -0.2) is 4.98 Å². The van der Waals surface area contributed by atoms with Crippen LogP contribution < -0.4 is 5.56 Å².